The molecule has 2 aromatic heterocycles. The quantitative estimate of drug-likeness (QED) is 0.446. The fourth-order valence-corrected chi connectivity index (χ4v) is 4.33. The number of thioether (sulfide) groups is 1. The Hall–Kier alpha value is -2.11. The van der Waals surface area contributed by atoms with Crippen molar-refractivity contribution in [2.75, 3.05) is 0 Å². The molecule has 4 aromatic rings. The Morgan fingerprint density at radius 1 is 1.08 bits per heavy atom. The molecule has 25 heavy (non-hydrogen) atoms. The zero-order chi connectivity index (χ0) is 17.4. The van der Waals surface area contributed by atoms with E-state index < -0.39 is 0 Å². The number of hydrogen-bond acceptors (Lipinski definition) is 4. The van der Waals surface area contributed by atoms with Gasteiger partial charge < -0.3 is 4.57 Å². The molecule has 0 N–H and O–H groups in total. The van der Waals surface area contributed by atoms with Crippen molar-refractivity contribution in [3.63, 3.8) is 0 Å². The molecule has 0 radical (unpaired) electrons. The molecule has 0 aliphatic rings. The van der Waals surface area contributed by atoms with Crippen LogP contribution in [0.4, 0.5) is 0 Å². The molecule has 0 unspecified atom stereocenters. The zero-order valence-corrected chi connectivity index (χ0v) is 15.6. The van der Waals surface area contributed by atoms with Crippen molar-refractivity contribution in [1.29, 1.82) is 0 Å². The first kappa shape index (κ1) is 16.4. The van der Waals surface area contributed by atoms with E-state index in [1.54, 1.807) is 11.8 Å². The monoisotopic (exact) mass is 368 g/mol. The number of aryl methyl sites for hydroxylation is 1. The lowest BCUT2D eigenvalue weighted by Gasteiger charge is -2.11. The Morgan fingerprint density at radius 2 is 1.84 bits per heavy atom. The molecule has 2 heterocycles. The second-order valence-electron chi connectivity index (χ2n) is 5.81. The van der Waals surface area contributed by atoms with Crippen LogP contribution in [-0.2, 0) is 6.54 Å². The van der Waals surface area contributed by atoms with E-state index >= 15 is 0 Å². The molecule has 0 bridgehead atoms. The van der Waals surface area contributed by atoms with Crippen molar-refractivity contribution in [3.05, 3.63) is 59.1 Å². The van der Waals surface area contributed by atoms with Gasteiger partial charge in [0, 0.05) is 22.2 Å². The fourth-order valence-electron chi connectivity index (χ4n) is 3.09. The van der Waals surface area contributed by atoms with E-state index in [0.29, 0.717) is 5.16 Å². The first-order valence-electron chi connectivity index (χ1n) is 8.21. The van der Waals surface area contributed by atoms with E-state index in [0.717, 1.165) is 39.2 Å². The lowest BCUT2D eigenvalue weighted by molar-refractivity contribution is 0.788. The predicted molar refractivity (Wildman–Crippen MR) is 104 cm³/mol. The summed E-state index contributed by atoms with van der Waals surface area (Å²) in [5, 5.41) is 11.5. The summed E-state index contributed by atoms with van der Waals surface area (Å²) in [6.07, 6.45) is 0. The number of fused-ring (bicyclic) bond motifs is 3. The highest BCUT2D eigenvalue weighted by atomic mass is 35.5. The molecule has 126 valence electrons. The van der Waals surface area contributed by atoms with Crippen LogP contribution in [0.25, 0.3) is 22.1 Å². The van der Waals surface area contributed by atoms with Crippen LogP contribution in [0.5, 0.6) is 0 Å². The smallest absolute Gasteiger partial charge is 0.211 e. The standard InChI is InChI=1S/C19H17ClN4S/c1-3-24-16-11-7-5-9-14(16)17-18(24)21-19(23-22-17)25-12(2)13-8-4-6-10-15(13)20/h4-12H,3H2,1-2H3/t12-/m1/s1. The third-order valence-corrected chi connectivity index (χ3v) is 5.63. The van der Waals surface area contributed by atoms with Crippen LogP contribution in [0.15, 0.2) is 53.7 Å². The summed E-state index contributed by atoms with van der Waals surface area (Å²) in [5.41, 5.74) is 3.96. The molecule has 0 saturated carbocycles. The lowest BCUT2D eigenvalue weighted by Crippen LogP contribution is -1.99. The molecule has 2 aromatic carbocycles. The van der Waals surface area contributed by atoms with E-state index in [-0.39, 0.29) is 5.25 Å². The van der Waals surface area contributed by atoms with E-state index in [9.17, 15) is 0 Å². The van der Waals surface area contributed by atoms with Gasteiger partial charge in [-0.3, -0.25) is 0 Å². The minimum Gasteiger partial charge on any atom is -0.324 e. The normalized spacial score (nSPS) is 12.8. The second kappa shape index (κ2) is 6.65. The molecular weight excluding hydrogens is 352 g/mol. The van der Waals surface area contributed by atoms with Crippen LogP contribution in [0.1, 0.15) is 24.7 Å². The highest BCUT2D eigenvalue weighted by Gasteiger charge is 2.16. The summed E-state index contributed by atoms with van der Waals surface area (Å²) in [5.74, 6) is 0. The van der Waals surface area contributed by atoms with Gasteiger partial charge in [-0.2, -0.15) is 0 Å². The summed E-state index contributed by atoms with van der Waals surface area (Å²) in [6.45, 7) is 5.06. The van der Waals surface area contributed by atoms with Crippen LogP contribution in [0.2, 0.25) is 5.02 Å². The average molecular weight is 369 g/mol. The van der Waals surface area contributed by atoms with Gasteiger partial charge in [0.15, 0.2) is 5.65 Å². The van der Waals surface area contributed by atoms with Gasteiger partial charge in [-0.1, -0.05) is 59.8 Å². The number of halogens is 1. The average Bonchev–Trinajstić information content (AvgIpc) is 2.95. The van der Waals surface area contributed by atoms with Gasteiger partial charge in [0.05, 0.1) is 5.52 Å². The van der Waals surface area contributed by atoms with E-state index in [2.05, 4.69) is 40.7 Å². The topological polar surface area (TPSA) is 43.6 Å². The number of hydrogen-bond donors (Lipinski definition) is 0. The maximum absolute atomic E-state index is 6.31. The Morgan fingerprint density at radius 3 is 2.64 bits per heavy atom. The Balaban J connectivity index is 1.76. The van der Waals surface area contributed by atoms with Crippen LogP contribution >= 0.6 is 23.4 Å². The van der Waals surface area contributed by atoms with Crippen molar-refractivity contribution in [3.8, 4) is 0 Å². The summed E-state index contributed by atoms with van der Waals surface area (Å²) in [6, 6.07) is 16.1. The minimum absolute atomic E-state index is 0.146. The number of nitrogens with zero attached hydrogens (tertiary/aromatic N) is 4. The van der Waals surface area contributed by atoms with Gasteiger partial charge in [-0.15, -0.1) is 10.2 Å². The van der Waals surface area contributed by atoms with Crippen molar-refractivity contribution in [1.82, 2.24) is 19.7 Å². The second-order valence-corrected chi connectivity index (χ2v) is 7.52. The highest BCUT2D eigenvalue weighted by molar-refractivity contribution is 7.99. The molecule has 0 amide bonds. The fraction of sp³-hybridized carbons (Fsp3) is 0.211. The Kier molecular flexibility index (Phi) is 4.36. The molecule has 0 saturated heterocycles. The molecular formula is C19H17ClN4S. The van der Waals surface area contributed by atoms with E-state index in [1.807, 2.05) is 36.4 Å². The maximum atomic E-state index is 6.31. The highest BCUT2D eigenvalue weighted by Crippen LogP contribution is 2.37. The van der Waals surface area contributed by atoms with Gasteiger partial charge >= 0.3 is 0 Å². The van der Waals surface area contributed by atoms with Crippen LogP contribution in [0, 0.1) is 0 Å². The minimum atomic E-state index is 0.146. The van der Waals surface area contributed by atoms with E-state index in [4.69, 9.17) is 16.6 Å². The van der Waals surface area contributed by atoms with Crippen LogP contribution in [-0.4, -0.2) is 19.7 Å². The van der Waals surface area contributed by atoms with Crippen molar-refractivity contribution < 1.29 is 0 Å². The van der Waals surface area contributed by atoms with Gasteiger partial charge in [-0.05, 0) is 31.5 Å². The molecule has 0 aliphatic carbocycles. The molecule has 0 aliphatic heterocycles. The molecule has 0 spiro atoms. The van der Waals surface area contributed by atoms with Crippen molar-refractivity contribution in [2.45, 2.75) is 30.8 Å². The predicted octanol–water partition coefficient (Wildman–Crippen LogP) is 5.51. The molecule has 6 heteroatoms. The Labute approximate surface area is 155 Å². The number of aromatic nitrogens is 4. The molecule has 4 nitrogen and oxygen atoms in total. The molecule has 4 rings (SSSR count). The van der Waals surface area contributed by atoms with Gasteiger partial charge in [0.1, 0.15) is 5.52 Å². The first-order chi connectivity index (χ1) is 12.2. The number of para-hydroxylation sites is 1. The summed E-state index contributed by atoms with van der Waals surface area (Å²) >= 11 is 7.88. The van der Waals surface area contributed by atoms with Gasteiger partial charge in [0.25, 0.3) is 0 Å². The lowest BCUT2D eigenvalue weighted by atomic mass is 10.2. The Bertz CT molecular complexity index is 1060. The number of rotatable bonds is 4. The molecule has 1 atom stereocenters. The summed E-state index contributed by atoms with van der Waals surface area (Å²) in [7, 11) is 0. The summed E-state index contributed by atoms with van der Waals surface area (Å²) < 4.78 is 2.18. The molecule has 0 fully saturated rings. The zero-order valence-electron chi connectivity index (χ0n) is 14.0. The number of benzene rings is 2. The van der Waals surface area contributed by atoms with E-state index in [1.165, 1.54) is 0 Å². The van der Waals surface area contributed by atoms with Crippen LogP contribution in [0.3, 0.4) is 0 Å². The van der Waals surface area contributed by atoms with Gasteiger partial charge in [-0.25, -0.2) is 4.98 Å². The van der Waals surface area contributed by atoms with Crippen LogP contribution < -0.4 is 0 Å². The SMILES string of the molecule is CCn1c2ccccc2c2nnc(S[C@H](C)c3ccccc3Cl)nc21. The van der Waals surface area contributed by atoms with Crippen molar-refractivity contribution >= 4 is 45.4 Å². The first-order valence-corrected chi connectivity index (χ1v) is 9.47. The van der Waals surface area contributed by atoms with Gasteiger partial charge in [0.2, 0.25) is 5.16 Å². The van der Waals surface area contributed by atoms with Crippen molar-refractivity contribution in [2.24, 2.45) is 0 Å². The largest absolute Gasteiger partial charge is 0.324 e. The third-order valence-electron chi connectivity index (χ3n) is 4.30. The summed E-state index contributed by atoms with van der Waals surface area (Å²) in [4.78, 5) is 4.79. The maximum Gasteiger partial charge on any atom is 0.211 e. The third kappa shape index (κ3) is 2.87.